The van der Waals surface area contributed by atoms with Gasteiger partial charge in [0, 0.05) is 6.54 Å². The summed E-state index contributed by atoms with van der Waals surface area (Å²) in [6.07, 6.45) is 4.42. The number of rotatable bonds is 3. The van der Waals surface area contributed by atoms with Crippen molar-refractivity contribution in [3.8, 4) is 0 Å². The molecule has 1 saturated heterocycles. The topological polar surface area (TPSA) is 92.3 Å². The van der Waals surface area contributed by atoms with E-state index in [1.807, 2.05) is 24.3 Å². The van der Waals surface area contributed by atoms with Crippen molar-refractivity contribution >= 4 is 32.8 Å². The van der Waals surface area contributed by atoms with Crippen molar-refractivity contribution in [3.63, 3.8) is 0 Å². The Kier molecular flexibility index (Phi) is 3.54. The van der Waals surface area contributed by atoms with Crippen LogP contribution in [0, 0.1) is 0 Å². The molecule has 2 heterocycles. The lowest BCUT2D eigenvalue weighted by atomic mass is 10.2. The van der Waals surface area contributed by atoms with E-state index in [1.54, 1.807) is 0 Å². The van der Waals surface area contributed by atoms with E-state index >= 15 is 0 Å². The van der Waals surface area contributed by atoms with E-state index in [1.165, 1.54) is 10.5 Å². The molecule has 1 aromatic heterocycles. The number of benzene rings is 1. The van der Waals surface area contributed by atoms with Crippen LogP contribution in [-0.2, 0) is 14.8 Å². The molecule has 1 aromatic carbocycles. The summed E-state index contributed by atoms with van der Waals surface area (Å²) >= 11 is 0. The number of sulfonamides is 1. The van der Waals surface area contributed by atoms with Gasteiger partial charge >= 0.3 is 0 Å². The number of aromatic nitrogens is 2. The third kappa shape index (κ3) is 2.55. The Morgan fingerprint density at radius 1 is 1.21 bits per heavy atom. The Bertz CT molecular complexity index is 908. The lowest BCUT2D eigenvalue weighted by molar-refractivity contribution is -0.116. The molecule has 0 unspecified atom stereocenters. The highest BCUT2D eigenvalue weighted by atomic mass is 32.2. The summed E-state index contributed by atoms with van der Waals surface area (Å²) in [5, 5.41) is 2.65. The van der Waals surface area contributed by atoms with Crippen molar-refractivity contribution in [2.24, 2.45) is 0 Å². The van der Waals surface area contributed by atoms with Crippen LogP contribution < -0.4 is 5.32 Å². The Labute approximate surface area is 140 Å². The molecule has 1 saturated carbocycles. The zero-order valence-corrected chi connectivity index (χ0v) is 13.9. The van der Waals surface area contributed by atoms with Crippen molar-refractivity contribution < 1.29 is 13.2 Å². The van der Waals surface area contributed by atoms with Crippen molar-refractivity contribution in [1.29, 1.82) is 0 Å². The number of fused-ring (bicyclic) bond motifs is 1. The van der Waals surface area contributed by atoms with E-state index in [0.717, 1.165) is 11.9 Å². The van der Waals surface area contributed by atoms with Gasteiger partial charge < -0.3 is 5.32 Å². The number of hydrogen-bond donors (Lipinski definition) is 1. The highest BCUT2D eigenvalue weighted by Gasteiger charge is 2.58. The van der Waals surface area contributed by atoms with Crippen molar-refractivity contribution in [2.75, 3.05) is 18.4 Å². The molecule has 2 fully saturated rings. The van der Waals surface area contributed by atoms with Crippen LogP contribution in [0.3, 0.4) is 0 Å². The molecule has 0 radical (unpaired) electrons. The Morgan fingerprint density at radius 3 is 2.71 bits per heavy atom. The molecule has 1 amide bonds. The highest BCUT2D eigenvalue weighted by molar-refractivity contribution is 7.90. The summed E-state index contributed by atoms with van der Waals surface area (Å²) in [6, 6.07) is 7.36. The number of nitrogens with one attached hydrogen (secondary N) is 1. The number of hydrogen-bond acceptors (Lipinski definition) is 5. The average Bonchev–Trinajstić information content (AvgIpc) is 3.34. The molecular weight excluding hydrogens is 328 g/mol. The van der Waals surface area contributed by atoms with Crippen LogP contribution in [0.25, 0.3) is 11.0 Å². The first-order valence-corrected chi connectivity index (χ1v) is 9.46. The van der Waals surface area contributed by atoms with Gasteiger partial charge in [0.15, 0.2) is 5.82 Å². The molecule has 2 aliphatic rings. The van der Waals surface area contributed by atoms with Gasteiger partial charge in [-0.05, 0) is 37.8 Å². The second kappa shape index (κ2) is 5.49. The molecule has 0 bridgehead atoms. The number of carbonyl (C=O) groups is 1. The normalized spacial score (nSPS) is 21.7. The third-order valence-electron chi connectivity index (χ3n) is 4.77. The number of amides is 1. The van der Waals surface area contributed by atoms with Gasteiger partial charge in [0.2, 0.25) is 15.9 Å². The minimum Gasteiger partial charge on any atom is -0.308 e. The van der Waals surface area contributed by atoms with Crippen LogP contribution in [0.15, 0.2) is 30.5 Å². The molecule has 1 aliphatic heterocycles. The third-order valence-corrected chi connectivity index (χ3v) is 7.47. The predicted octanol–water partition coefficient (Wildman–Crippen LogP) is 1.53. The number of anilines is 1. The minimum absolute atomic E-state index is 0.168. The zero-order chi connectivity index (χ0) is 16.8. The van der Waals surface area contributed by atoms with Crippen LogP contribution in [0.2, 0.25) is 0 Å². The number of para-hydroxylation sites is 2. The van der Waals surface area contributed by atoms with E-state index in [4.69, 9.17) is 0 Å². The quantitative estimate of drug-likeness (QED) is 0.910. The Morgan fingerprint density at radius 2 is 1.96 bits per heavy atom. The molecule has 1 aliphatic carbocycles. The van der Waals surface area contributed by atoms with Gasteiger partial charge in [0.25, 0.3) is 0 Å². The molecule has 0 atom stereocenters. The first-order valence-electron chi connectivity index (χ1n) is 8.02. The average molecular weight is 346 g/mol. The first-order chi connectivity index (χ1) is 11.5. The van der Waals surface area contributed by atoms with Gasteiger partial charge in [-0.2, -0.15) is 4.31 Å². The molecule has 1 spiro atoms. The molecule has 8 heteroatoms. The molecule has 4 rings (SSSR count). The van der Waals surface area contributed by atoms with Gasteiger partial charge in [-0.25, -0.2) is 13.4 Å². The van der Waals surface area contributed by atoms with Gasteiger partial charge in [0.05, 0.1) is 28.5 Å². The lowest BCUT2D eigenvalue weighted by Gasteiger charge is -2.31. The standard InChI is InChI=1S/C16H18N4O3S/c21-15(11-20-9-3-6-16(7-8-16)24(20,22)23)19-14-10-17-12-4-1-2-5-13(12)18-14/h1-2,4-5,10H,3,6-9,11H2,(H,18,19,21). The maximum absolute atomic E-state index is 12.6. The number of carbonyl (C=O) groups excluding carboxylic acids is 1. The van der Waals surface area contributed by atoms with Crippen LogP contribution in [-0.4, -0.2) is 46.4 Å². The minimum atomic E-state index is -3.38. The largest absolute Gasteiger partial charge is 0.308 e. The lowest BCUT2D eigenvalue weighted by Crippen LogP contribution is -2.48. The van der Waals surface area contributed by atoms with E-state index in [2.05, 4.69) is 15.3 Å². The number of nitrogens with zero attached hydrogens (tertiary/aromatic N) is 3. The predicted molar refractivity (Wildman–Crippen MR) is 89.9 cm³/mol. The maximum Gasteiger partial charge on any atom is 0.240 e. The fourth-order valence-electron chi connectivity index (χ4n) is 3.27. The van der Waals surface area contributed by atoms with Gasteiger partial charge in [0.1, 0.15) is 0 Å². The summed E-state index contributed by atoms with van der Waals surface area (Å²) in [5.41, 5.74) is 1.42. The van der Waals surface area contributed by atoms with Gasteiger partial charge in [-0.1, -0.05) is 12.1 Å². The summed E-state index contributed by atoms with van der Waals surface area (Å²) in [4.78, 5) is 20.8. The second-order valence-electron chi connectivity index (χ2n) is 6.42. The molecule has 7 nitrogen and oxygen atoms in total. The smallest absolute Gasteiger partial charge is 0.240 e. The molecular formula is C16H18N4O3S. The van der Waals surface area contributed by atoms with Crippen LogP contribution in [0.4, 0.5) is 5.82 Å². The van der Waals surface area contributed by atoms with E-state index < -0.39 is 14.8 Å². The molecule has 24 heavy (non-hydrogen) atoms. The van der Waals surface area contributed by atoms with Gasteiger partial charge in [-0.15, -0.1) is 0 Å². The molecule has 2 aromatic rings. The Hall–Kier alpha value is -2.06. The molecule has 1 N–H and O–H groups in total. The highest BCUT2D eigenvalue weighted by Crippen LogP contribution is 2.50. The summed E-state index contributed by atoms with van der Waals surface area (Å²) in [5.74, 6) is -0.0601. The summed E-state index contributed by atoms with van der Waals surface area (Å²) in [6.45, 7) is 0.236. The van der Waals surface area contributed by atoms with Crippen molar-refractivity contribution in [3.05, 3.63) is 30.5 Å². The summed E-state index contributed by atoms with van der Waals surface area (Å²) < 4.78 is 25.9. The van der Waals surface area contributed by atoms with E-state index in [0.29, 0.717) is 37.1 Å². The zero-order valence-electron chi connectivity index (χ0n) is 13.1. The van der Waals surface area contributed by atoms with Crippen LogP contribution in [0.1, 0.15) is 25.7 Å². The van der Waals surface area contributed by atoms with Crippen molar-refractivity contribution in [1.82, 2.24) is 14.3 Å². The second-order valence-corrected chi connectivity index (χ2v) is 8.75. The Balaban J connectivity index is 1.48. The van der Waals surface area contributed by atoms with Crippen molar-refractivity contribution in [2.45, 2.75) is 30.4 Å². The summed E-state index contributed by atoms with van der Waals surface area (Å²) in [7, 11) is -3.38. The molecule has 126 valence electrons. The van der Waals surface area contributed by atoms with Crippen LogP contribution in [0.5, 0.6) is 0 Å². The fraction of sp³-hybridized carbons (Fsp3) is 0.438. The van der Waals surface area contributed by atoms with E-state index in [-0.39, 0.29) is 12.5 Å². The van der Waals surface area contributed by atoms with Gasteiger partial charge in [-0.3, -0.25) is 9.78 Å². The van der Waals surface area contributed by atoms with Crippen LogP contribution >= 0.6 is 0 Å². The van der Waals surface area contributed by atoms with E-state index in [9.17, 15) is 13.2 Å². The first kappa shape index (κ1) is 15.5. The monoisotopic (exact) mass is 346 g/mol. The maximum atomic E-state index is 12.6. The fourth-order valence-corrected chi connectivity index (χ4v) is 5.50. The SMILES string of the molecule is O=C(CN1CCCC2(CC2)S1(=O)=O)Nc1cnc2ccccc2n1.